The van der Waals surface area contributed by atoms with E-state index >= 15 is 0 Å². The van der Waals surface area contributed by atoms with Crippen LogP contribution in [0.25, 0.3) is 0 Å². The molecule has 1 aliphatic heterocycles. The summed E-state index contributed by atoms with van der Waals surface area (Å²) in [6.45, 7) is 4.93. The highest BCUT2D eigenvalue weighted by Gasteiger charge is 2.21. The molecule has 1 heterocycles. The molecule has 0 amide bonds. The quantitative estimate of drug-likeness (QED) is 0.373. The van der Waals surface area contributed by atoms with Crippen LogP contribution < -0.4 is 0 Å². The maximum Gasteiger partial charge on any atom is 0.104 e. The van der Waals surface area contributed by atoms with Crippen LogP contribution in [-0.2, 0) is 9.47 Å². The predicted molar refractivity (Wildman–Crippen MR) is 67.8 cm³/mol. The standard InChI is InChI=1S/C14H28O2/c1-2-3-4-5-6-7-8-9-10-11-15-12-14-13-16-14/h14H,2-13H2,1H3. The van der Waals surface area contributed by atoms with Gasteiger partial charge in [0.25, 0.3) is 0 Å². The van der Waals surface area contributed by atoms with Crippen LogP contribution in [0.5, 0.6) is 0 Å². The second-order valence-electron chi connectivity index (χ2n) is 4.86. The molecular formula is C14H28O2. The molecule has 0 aromatic carbocycles. The first kappa shape index (κ1) is 14.0. The summed E-state index contributed by atoms with van der Waals surface area (Å²) in [5, 5.41) is 0. The molecule has 16 heavy (non-hydrogen) atoms. The van der Waals surface area contributed by atoms with Crippen molar-refractivity contribution in [1.29, 1.82) is 0 Å². The Labute approximate surface area is 101 Å². The monoisotopic (exact) mass is 228 g/mol. The van der Waals surface area contributed by atoms with Crippen molar-refractivity contribution in [3.8, 4) is 0 Å². The van der Waals surface area contributed by atoms with Gasteiger partial charge in [0.1, 0.15) is 6.10 Å². The summed E-state index contributed by atoms with van der Waals surface area (Å²) in [7, 11) is 0. The Morgan fingerprint density at radius 2 is 1.50 bits per heavy atom. The first-order chi connectivity index (χ1) is 7.93. The molecule has 0 spiro atoms. The Morgan fingerprint density at radius 3 is 2.06 bits per heavy atom. The summed E-state index contributed by atoms with van der Waals surface area (Å²) in [5.41, 5.74) is 0. The number of ether oxygens (including phenoxy) is 2. The zero-order valence-corrected chi connectivity index (χ0v) is 10.9. The highest BCUT2D eigenvalue weighted by molar-refractivity contribution is 4.66. The average Bonchev–Trinajstić information content (AvgIpc) is 3.10. The molecule has 2 nitrogen and oxygen atoms in total. The van der Waals surface area contributed by atoms with Crippen molar-refractivity contribution in [2.75, 3.05) is 19.8 Å². The van der Waals surface area contributed by atoms with E-state index in [1.165, 1.54) is 57.8 Å². The van der Waals surface area contributed by atoms with Crippen molar-refractivity contribution in [3.63, 3.8) is 0 Å². The van der Waals surface area contributed by atoms with Crippen molar-refractivity contribution in [2.45, 2.75) is 70.8 Å². The van der Waals surface area contributed by atoms with Crippen LogP contribution in [0.2, 0.25) is 0 Å². The van der Waals surface area contributed by atoms with Gasteiger partial charge in [-0.1, -0.05) is 58.3 Å². The topological polar surface area (TPSA) is 21.8 Å². The van der Waals surface area contributed by atoms with Crippen molar-refractivity contribution >= 4 is 0 Å². The van der Waals surface area contributed by atoms with Crippen LogP contribution in [0.4, 0.5) is 0 Å². The van der Waals surface area contributed by atoms with Gasteiger partial charge in [-0.3, -0.25) is 0 Å². The Kier molecular flexibility index (Phi) is 8.83. The van der Waals surface area contributed by atoms with E-state index in [2.05, 4.69) is 6.92 Å². The molecule has 0 N–H and O–H groups in total. The van der Waals surface area contributed by atoms with Gasteiger partial charge in [0.15, 0.2) is 0 Å². The molecule has 96 valence electrons. The van der Waals surface area contributed by atoms with E-state index in [1.807, 2.05) is 0 Å². The number of rotatable bonds is 12. The Balaban J connectivity index is 1.61. The second-order valence-corrected chi connectivity index (χ2v) is 4.86. The third-order valence-electron chi connectivity index (χ3n) is 3.10. The fourth-order valence-corrected chi connectivity index (χ4v) is 1.89. The van der Waals surface area contributed by atoms with E-state index in [4.69, 9.17) is 9.47 Å². The number of unbranched alkanes of at least 4 members (excludes halogenated alkanes) is 8. The van der Waals surface area contributed by atoms with Gasteiger partial charge in [0, 0.05) is 6.61 Å². The van der Waals surface area contributed by atoms with Gasteiger partial charge >= 0.3 is 0 Å². The molecule has 1 aliphatic rings. The van der Waals surface area contributed by atoms with E-state index in [0.717, 1.165) is 19.8 Å². The SMILES string of the molecule is CCCCCCCCCCCOCC1CO1. The molecule has 0 aliphatic carbocycles. The molecule has 1 unspecified atom stereocenters. The minimum Gasteiger partial charge on any atom is -0.379 e. The molecule has 0 aromatic heterocycles. The summed E-state index contributed by atoms with van der Waals surface area (Å²) < 4.78 is 10.6. The zero-order valence-electron chi connectivity index (χ0n) is 10.9. The minimum atomic E-state index is 0.429. The molecular weight excluding hydrogens is 200 g/mol. The van der Waals surface area contributed by atoms with E-state index < -0.39 is 0 Å². The molecule has 0 bridgehead atoms. The molecule has 0 aromatic rings. The highest BCUT2D eigenvalue weighted by atomic mass is 16.6. The third kappa shape index (κ3) is 9.17. The molecule has 2 heteroatoms. The maximum atomic E-state index is 5.49. The second kappa shape index (κ2) is 10.1. The lowest BCUT2D eigenvalue weighted by Gasteiger charge is -2.03. The summed E-state index contributed by atoms with van der Waals surface area (Å²) in [4.78, 5) is 0. The van der Waals surface area contributed by atoms with E-state index in [-0.39, 0.29) is 0 Å². The van der Waals surface area contributed by atoms with Crippen molar-refractivity contribution < 1.29 is 9.47 Å². The smallest absolute Gasteiger partial charge is 0.104 e. The molecule has 1 saturated heterocycles. The lowest BCUT2D eigenvalue weighted by Crippen LogP contribution is -2.02. The average molecular weight is 228 g/mol. The number of epoxide rings is 1. The minimum absolute atomic E-state index is 0.429. The van der Waals surface area contributed by atoms with Crippen molar-refractivity contribution in [1.82, 2.24) is 0 Å². The largest absolute Gasteiger partial charge is 0.379 e. The van der Waals surface area contributed by atoms with E-state index in [9.17, 15) is 0 Å². The van der Waals surface area contributed by atoms with Crippen molar-refractivity contribution in [3.05, 3.63) is 0 Å². The Bertz CT molecular complexity index is 144. The fourth-order valence-electron chi connectivity index (χ4n) is 1.89. The Hall–Kier alpha value is -0.0800. The Morgan fingerprint density at radius 1 is 0.938 bits per heavy atom. The number of hydrogen-bond acceptors (Lipinski definition) is 2. The third-order valence-corrected chi connectivity index (χ3v) is 3.10. The van der Waals surface area contributed by atoms with E-state index in [0.29, 0.717) is 6.10 Å². The van der Waals surface area contributed by atoms with Crippen LogP contribution in [0.3, 0.4) is 0 Å². The van der Waals surface area contributed by atoms with Gasteiger partial charge in [-0.05, 0) is 6.42 Å². The fraction of sp³-hybridized carbons (Fsp3) is 1.00. The lowest BCUT2D eigenvalue weighted by molar-refractivity contribution is 0.113. The predicted octanol–water partition coefficient (Wildman–Crippen LogP) is 3.93. The van der Waals surface area contributed by atoms with Crippen LogP contribution in [0.15, 0.2) is 0 Å². The van der Waals surface area contributed by atoms with Gasteiger partial charge in [0.05, 0.1) is 13.2 Å². The van der Waals surface area contributed by atoms with Gasteiger partial charge in [-0.15, -0.1) is 0 Å². The van der Waals surface area contributed by atoms with Gasteiger partial charge in [-0.2, -0.15) is 0 Å². The van der Waals surface area contributed by atoms with Crippen LogP contribution in [-0.4, -0.2) is 25.9 Å². The van der Waals surface area contributed by atoms with Gasteiger partial charge in [-0.25, -0.2) is 0 Å². The number of hydrogen-bond donors (Lipinski definition) is 0. The van der Waals surface area contributed by atoms with Crippen molar-refractivity contribution in [2.24, 2.45) is 0 Å². The first-order valence-electron chi connectivity index (χ1n) is 7.13. The summed E-state index contributed by atoms with van der Waals surface area (Å²) >= 11 is 0. The molecule has 0 radical (unpaired) electrons. The molecule has 1 rings (SSSR count). The van der Waals surface area contributed by atoms with Crippen LogP contribution in [0.1, 0.15) is 64.7 Å². The van der Waals surface area contributed by atoms with Crippen LogP contribution >= 0.6 is 0 Å². The normalized spacial score (nSPS) is 18.9. The first-order valence-corrected chi connectivity index (χ1v) is 7.13. The van der Waals surface area contributed by atoms with Gasteiger partial charge < -0.3 is 9.47 Å². The molecule has 1 atom stereocenters. The highest BCUT2D eigenvalue weighted by Crippen LogP contribution is 2.11. The molecule has 1 fully saturated rings. The molecule has 0 saturated carbocycles. The zero-order chi connectivity index (χ0) is 11.5. The summed E-state index contributed by atoms with van der Waals surface area (Å²) in [6.07, 6.45) is 12.8. The summed E-state index contributed by atoms with van der Waals surface area (Å²) in [6, 6.07) is 0. The van der Waals surface area contributed by atoms with E-state index in [1.54, 1.807) is 0 Å². The van der Waals surface area contributed by atoms with Crippen LogP contribution in [0, 0.1) is 0 Å². The lowest BCUT2D eigenvalue weighted by atomic mass is 10.1. The summed E-state index contributed by atoms with van der Waals surface area (Å²) in [5.74, 6) is 0. The van der Waals surface area contributed by atoms with Gasteiger partial charge in [0.2, 0.25) is 0 Å². The maximum absolute atomic E-state index is 5.49.